The van der Waals surface area contributed by atoms with Crippen molar-refractivity contribution in [3.63, 3.8) is 0 Å². The van der Waals surface area contributed by atoms with Gasteiger partial charge in [0, 0.05) is 12.0 Å². The fourth-order valence-corrected chi connectivity index (χ4v) is 4.09. The number of ether oxygens (including phenoxy) is 1. The van der Waals surface area contributed by atoms with Crippen molar-refractivity contribution in [2.75, 3.05) is 18.2 Å². The van der Waals surface area contributed by atoms with Crippen LogP contribution in [-0.4, -0.2) is 27.8 Å². The Morgan fingerprint density at radius 1 is 1.39 bits per heavy atom. The van der Waals surface area contributed by atoms with Gasteiger partial charge in [-0.05, 0) is 12.3 Å². The number of thiazole rings is 1. The number of aromatic nitrogens is 3. The molecule has 0 spiro atoms. The van der Waals surface area contributed by atoms with Gasteiger partial charge in [-0.25, -0.2) is 19.3 Å². The molecule has 5 nitrogen and oxygen atoms in total. The molecule has 0 saturated heterocycles. The minimum absolute atomic E-state index is 0.0487. The number of anilines is 1. The number of fused-ring (bicyclic) bond motifs is 2. The second-order valence-corrected chi connectivity index (χ2v) is 7.10. The lowest BCUT2D eigenvalue weighted by molar-refractivity contribution is 0.260. The van der Waals surface area contributed by atoms with Gasteiger partial charge in [0.2, 0.25) is 0 Å². The molecule has 0 unspecified atom stereocenters. The summed E-state index contributed by atoms with van der Waals surface area (Å²) in [5, 5.41) is 3.41. The lowest BCUT2D eigenvalue weighted by Gasteiger charge is -2.27. The Balaban J connectivity index is 1.72. The lowest BCUT2D eigenvalue weighted by Crippen LogP contribution is -2.21. The van der Waals surface area contributed by atoms with E-state index in [-0.39, 0.29) is 11.9 Å². The van der Waals surface area contributed by atoms with E-state index >= 15 is 0 Å². The molecule has 3 heterocycles. The summed E-state index contributed by atoms with van der Waals surface area (Å²) in [6, 6.07) is 4.95. The Hall–Kier alpha value is -1.93. The van der Waals surface area contributed by atoms with Crippen LogP contribution in [0, 0.1) is 5.82 Å². The molecule has 1 atom stereocenters. The quantitative estimate of drug-likeness (QED) is 0.725. The van der Waals surface area contributed by atoms with Crippen molar-refractivity contribution in [3.8, 4) is 5.75 Å². The van der Waals surface area contributed by atoms with E-state index in [1.165, 1.54) is 12.4 Å². The number of rotatable bonds is 3. The highest BCUT2D eigenvalue weighted by Gasteiger charge is 2.25. The largest absolute Gasteiger partial charge is 0.490 e. The average molecular weight is 348 g/mol. The van der Waals surface area contributed by atoms with E-state index in [9.17, 15) is 4.39 Å². The van der Waals surface area contributed by atoms with Crippen LogP contribution < -0.4 is 10.1 Å². The zero-order valence-corrected chi connectivity index (χ0v) is 13.9. The van der Waals surface area contributed by atoms with Crippen LogP contribution in [0.3, 0.4) is 0 Å². The first-order valence-corrected chi connectivity index (χ1v) is 9.13. The molecule has 1 aromatic carbocycles. The van der Waals surface area contributed by atoms with Crippen molar-refractivity contribution in [2.45, 2.75) is 16.8 Å². The van der Waals surface area contributed by atoms with Crippen molar-refractivity contribution < 1.29 is 9.13 Å². The first-order valence-electron chi connectivity index (χ1n) is 7.09. The third-order valence-electron chi connectivity index (χ3n) is 3.68. The van der Waals surface area contributed by atoms with Crippen molar-refractivity contribution in [3.05, 3.63) is 35.9 Å². The van der Waals surface area contributed by atoms with Gasteiger partial charge in [0.25, 0.3) is 0 Å². The van der Waals surface area contributed by atoms with Gasteiger partial charge in [0.15, 0.2) is 21.6 Å². The molecule has 0 fully saturated rings. The zero-order chi connectivity index (χ0) is 15.8. The monoisotopic (exact) mass is 348 g/mol. The van der Waals surface area contributed by atoms with Gasteiger partial charge in [0.1, 0.15) is 16.8 Å². The molecule has 1 N–H and O–H groups in total. The third kappa shape index (κ3) is 2.61. The molecule has 1 aliphatic rings. The average Bonchev–Trinajstić information content (AvgIpc) is 3.00. The summed E-state index contributed by atoms with van der Waals surface area (Å²) in [5.41, 5.74) is 1.50. The normalized spacial score (nSPS) is 16.9. The van der Waals surface area contributed by atoms with E-state index in [0.717, 1.165) is 26.8 Å². The number of hydrogen-bond donors (Lipinski definition) is 1. The van der Waals surface area contributed by atoms with Crippen LogP contribution in [0.25, 0.3) is 10.3 Å². The van der Waals surface area contributed by atoms with E-state index in [0.29, 0.717) is 18.0 Å². The van der Waals surface area contributed by atoms with Gasteiger partial charge >= 0.3 is 0 Å². The van der Waals surface area contributed by atoms with E-state index in [1.54, 1.807) is 29.2 Å². The number of nitrogens with one attached hydrogen (secondary N) is 1. The van der Waals surface area contributed by atoms with Gasteiger partial charge in [-0.15, -0.1) is 11.3 Å². The standard InChI is InChI=1S/C15H13FN4OS2/c1-22-15-20-14-12(23-15)13(17-7-18-14)19-10-5-6-21-11-8(10)3-2-4-9(11)16/h2-4,7,10H,5-6H2,1H3,(H,17,18,19)/t10-/m0/s1. The zero-order valence-electron chi connectivity index (χ0n) is 12.2. The van der Waals surface area contributed by atoms with E-state index in [1.807, 2.05) is 12.3 Å². The van der Waals surface area contributed by atoms with E-state index in [4.69, 9.17) is 4.74 Å². The van der Waals surface area contributed by atoms with Crippen LogP contribution in [0.1, 0.15) is 18.0 Å². The molecule has 2 aromatic heterocycles. The van der Waals surface area contributed by atoms with E-state index < -0.39 is 0 Å². The molecule has 0 saturated carbocycles. The summed E-state index contributed by atoms with van der Waals surface area (Å²) >= 11 is 3.14. The maximum Gasteiger partial charge on any atom is 0.176 e. The predicted octanol–water partition coefficient (Wildman–Crippen LogP) is 3.88. The molecule has 23 heavy (non-hydrogen) atoms. The van der Waals surface area contributed by atoms with Crippen LogP contribution in [0.5, 0.6) is 5.75 Å². The van der Waals surface area contributed by atoms with E-state index in [2.05, 4.69) is 20.3 Å². The Morgan fingerprint density at radius 3 is 3.17 bits per heavy atom. The Labute approximate surface area is 140 Å². The molecule has 118 valence electrons. The highest BCUT2D eigenvalue weighted by molar-refractivity contribution is 8.00. The Bertz CT molecular complexity index is 870. The second kappa shape index (κ2) is 5.93. The molecule has 1 aliphatic heterocycles. The van der Waals surface area contributed by atoms with Crippen molar-refractivity contribution >= 4 is 39.3 Å². The smallest absolute Gasteiger partial charge is 0.176 e. The summed E-state index contributed by atoms with van der Waals surface area (Å²) in [5.74, 6) is 0.731. The van der Waals surface area contributed by atoms with Gasteiger partial charge < -0.3 is 10.1 Å². The molecule has 0 amide bonds. The van der Waals surface area contributed by atoms with Crippen LogP contribution in [0.2, 0.25) is 0 Å². The van der Waals surface area contributed by atoms with Gasteiger partial charge in [0.05, 0.1) is 12.6 Å². The molecule has 0 bridgehead atoms. The van der Waals surface area contributed by atoms with Crippen LogP contribution in [0.15, 0.2) is 28.9 Å². The Kier molecular flexibility index (Phi) is 3.78. The van der Waals surface area contributed by atoms with Crippen LogP contribution >= 0.6 is 23.1 Å². The van der Waals surface area contributed by atoms with Crippen LogP contribution in [-0.2, 0) is 0 Å². The number of para-hydroxylation sites is 1. The van der Waals surface area contributed by atoms with Gasteiger partial charge in [-0.2, -0.15) is 0 Å². The van der Waals surface area contributed by atoms with Crippen LogP contribution in [0.4, 0.5) is 10.2 Å². The molecule has 3 aromatic rings. The number of nitrogens with zero attached hydrogens (tertiary/aromatic N) is 3. The molecule has 4 rings (SSSR count). The van der Waals surface area contributed by atoms with Crippen molar-refractivity contribution in [1.29, 1.82) is 0 Å². The molecule has 0 aliphatic carbocycles. The molecule has 0 radical (unpaired) electrons. The summed E-state index contributed by atoms with van der Waals surface area (Å²) in [6.07, 6.45) is 4.23. The minimum Gasteiger partial charge on any atom is -0.490 e. The summed E-state index contributed by atoms with van der Waals surface area (Å²) in [6.45, 7) is 0.471. The Morgan fingerprint density at radius 2 is 2.30 bits per heavy atom. The van der Waals surface area contributed by atoms with Crippen molar-refractivity contribution in [2.24, 2.45) is 0 Å². The topological polar surface area (TPSA) is 59.9 Å². The summed E-state index contributed by atoms with van der Waals surface area (Å²) in [4.78, 5) is 13.0. The SMILES string of the molecule is CSc1nc2ncnc(N[C@H]3CCOc4c(F)cccc43)c2s1. The highest BCUT2D eigenvalue weighted by Crippen LogP contribution is 2.38. The first kappa shape index (κ1) is 14.6. The highest BCUT2D eigenvalue weighted by atomic mass is 32.2. The molecule has 8 heteroatoms. The lowest BCUT2D eigenvalue weighted by atomic mass is 10.0. The fourth-order valence-electron chi connectivity index (χ4n) is 2.63. The van der Waals surface area contributed by atoms with Crippen molar-refractivity contribution in [1.82, 2.24) is 15.0 Å². The van der Waals surface area contributed by atoms with Gasteiger partial charge in [-0.3, -0.25) is 0 Å². The number of thioether (sulfide) groups is 1. The maximum atomic E-state index is 13.9. The van der Waals surface area contributed by atoms with Gasteiger partial charge in [-0.1, -0.05) is 23.9 Å². The minimum atomic E-state index is -0.329. The number of halogens is 1. The summed E-state index contributed by atoms with van der Waals surface area (Å²) < 4.78 is 21.2. The summed E-state index contributed by atoms with van der Waals surface area (Å²) in [7, 11) is 0. The second-order valence-electron chi connectivity index (χ2n) is 5.05. The molecular formula is C15H13FN4OS2. The number of hydrogen-bond acceptors (Lipinski definition) is 7. The maximum absolute atomic E-state index is 13.9. The predicted molar refractivity (Wildman–Crippen MR) is 89.9 cm³/mol. The third-order valence-corrected chi connectivity index (χ3v) is 5.72. The molecular weight excluding hydrogens is 335 g/mol. The number of benzene rings is 1. The first-order chi connectivity index (χ1) is 11.3. The fraction of sp³-hybridized carbons (Fsp3) is 0.267.